The zero-order chi connectivity index (χ0) is 14.6. The van der Waals surface area contributed by atoms with E-state index < -0.39 is 16.1 Å². The summed E-state index contributed by atoms with van der Waals surface area (Å²) in [6, 6.07) is 4.45. The number of methoxy groups -OCH3 is 1. The highest BCUT2D eigenvalue weighted by atomic mass is 35.5. The number of aliphatic hydroxyl groups excluding tert-OH is 1. The number of ether oxygens (including phenoxy) is 1. The summed E-state index contributed by atoms with van der Waals surface area (Å²) in [5, 5.41) is 9.66. The number of nitrogens with zero attached hydrogens (tertiary/aromatic N) is 1. The Labute approximate surface area is 122 Å². The molecule has 1 atom stereocenters. The van der Waals surface area contributed by atoms with Crippen LogP contribution in [0.2, 0.25) is 10.0 Å². The van der Waals surface area contributed by atoms with Crippen LogP contribution >= 0.6 is 23.2 Å². The molecule has 0 fully saturated rings. The zero-order valence-electron chi connectivity index (χ0n) is 10.5. The Morgan fingerprint density at radius 3 is 2.37 bits per heavy atom. The van der Waals surface area contributed by atoms with Crippen LogP contribution < -0.4 is 0 Å². The number of likely N-dealkylation sites (N-methyl/N-ethyl adjacent to an activating group) is 1. The molecule has 1 N–H and O–H groups in total. The third-order valence-electron chi connectivity index (χ3n) is 2.41. The van der Waals surface area contributed by atoms with Crippen LogP contribution in [0.15, 0.2) is 23.1 Å². The molecule has 1 aromatic rings. The Morgan fingerprint density at radius 2 is 1.89 bits per heavy atom. The van der Waals surface area contributed by atoms with Gasteiger partial charge in [0.25, 0.3) is 0 Å². The molecule has 0 aliphatic carbocycles. The molecule has 0 amide bonds. The largest absolute Gasteiger partial charge is 0.389 e. The van der Waals surface area contributed by atoms with E-state index in [1.54, 1.807) is 6.07 Å². The molecule has 0 heterocycles. The van der Waals surface area contributed by atoms with Crippen molar-refractivity contribution >= 4 is 33.2 Å². The van der Waals surface area contributed by atoms with E-state index in [9.17, 15) is 13.5 Å². The van der Waals surface area contributed by atoms with E-state index in [0.29, 0.717) is 0 Å². The summed E-state index contributed by atoms with van der Waals surface area (Å²) in [6.07, 6.45) is -0.925. The van der Waals surface area contributed by atoms with Gasteiger partial charge in [-0.05, 0) is 12.1 Å². The highest BCUT2D eigenvalue weighted by Gasteiger charge is 2.27. The van der Waals surface area contributed by atoms with E-state index in [-0.39, 0.29) is 28.1 Å². The molecule has 5 nitrogen and oxygen atoms in total. The quantitative estimate of drug-likeness (QED) is 0.862. The predicted octanol–water partition coefficient (Wildman–Crippen LogP) is 1.62. The first-order chi connectivity index (χ1) is 8.80. The second kappa shape index (κ2) is 6.88. The van der Waals surface area contributed by atoms with Gasteiger partial charge in [0.05, 0.1) is 22.8 Å². The van der Waals surface area contributed by atoms with Gasteiger partial charge in [0.1, 0.15) is 4.90 Å². The van der Waals surface area contributed by atoms with Crippen molar-refractivity contribution in [2.45, 2.75) is 11.0 Å². The Hall–Kier alpha value is -0.370. The average molecular weight is 328 g/mol. The lowest BCUT2D eigenvalue weighted by Gasteiger charge is -2.21. The fourth-order valence-corrected chi connectivity index (χ4v) is 3.82. The fourth-order valence-electron chi connectivity index (χ4n) is 1.52. The van der Waals surface area contributed by atoms with Gasteiger partial charge >= 0.3 is 0 Å². The zero-order valence-corrected chi connectivity index (χ0v) is 12.8. The molecular formula is C11H15Cl2NO4S. The molecule has 1 unspecified atom stereocenters. The fraction of sp³-hybridized carbons (Fsp3) is 0.455. The van der Waals surface area contributed by atoms with Gasteiger partial charge in [-0.15, -0.1) is 0 Å². The molecule has 19 heavy (non-hydrogen) atoms. The minimum atomic E-state index is -3.86. The van der Waals surface area contributed by atoms with Crippen LogP contribution in [0.25, 0.3) is 0 Å². The van der Waals surface area contributed by atoms with E-state index >= 15 is 0 Å². The number of benzene rings is 1. The van der Waals surface area contributed by atoms with Gasteiger partial charge in [-0.1, -0.05) is 29.3 Å². The number of halogens is 2. The number of rotatable bonds is 6. The molecule has 0 saturated carbocycles. The highest BCUT2D eigenvalue weighted by Crippen LogP contribution is 2.30. The predicted molar refractivity (Wildman–Crippen MR) is 74.2 cm³/mol. The molecule has 0 aliphatic rings. The normalized spacial score (nSPS) is 13.8. The summed E-state index contributed by atoms with van der Waals surface area (Å²) in [7, 11) is -1.10. The molecule has 0 radical (unpaired) electrons. The Bertz CT molecular complexity index is 515. The topological polar surface area (TPSA) is 66.8 Å². The van der Waals surface area contributed by atoms with Crippen LogP contribution in [-0.2, 0) is 14.8 Å². The third kappa shape index (κ3) is 4.05. The van der Waals surface area contributed by atoms with E-state index in [1.165, 1.54) is 26.3 Å². The molecule has 1 aromatic carbocycles. The number of hydrogen-bond donors (Lipinski definition) is 1. The molecule has 0 aliphatic heterocycles. The van der Waals surface area contributed by atoms with Crippen molar-refractivity contribution < 1.29 is 18.3 Å². The monoisotopic (exact) mass is 327 g/mol. The summed E-state index contributed by atoms with van der Waals surface area (Å²) in [6.45, 7) is -0.0756. The standard InChI is InChI=1S/C11H15Cl2NO4S/c1-14(6-8(15)7-18-2)19(16,17)11-9(12)4-3-5-10(11)13/h3-5,8,15H,6-7H2,1-2H3. The Morgan fingerprint density at radius 1 is 1.37 bits per heavy atom. The second-order valence-electron chi connectivity index (χ2n) is 3.95. The molecule has 0 spiro atoms. The number of sulfonamides is 1. The van der Waals surface area contributed by atoms with Gasteiger partial charge in [-0.2, -0.15) is 4.31 Å². The maximum Gasteiger partial charge on any atom is 0.245 e. The smallest absolute Gasteiger partial charge is 0.245 e. The molecular weight excluding hydrogens is 313 g/mol. The summed E-state index contributed by atoms with van der Waals surface area (Å²) < 4.78 is 30.4. The van der Waals surface area contributed by atoms with Gasteiger partial charge in [-0.3, -0.25) is 0 Å². The van der Waals surface area contributed by atoms with Crippen molar-refractivity contribution in [3.05, 3.63) is 28.2 Å². The molecule has 8 heteroatoms. The van der Waals surface area contributed by atoms with Gasteiger partial charge in [0.2, 0.25) is 10.0 Å². The highest BCUT2D eigenvalue weighted by molar-refractivity contribution is 7.89. The minimum Gasteiger partial charge on any atom is -0.389 e. The second-order valence-corrected chi connectivity index (χ2v) is 6.74. The third-order valence-corrected chi connectivity index (χ3v) is 5.19. The van der Waals surface area contributed by atoms with Gasteiger partial charge in [0.15, 0.2) is 0 Å². The lowest BCUT2D eigenvalue weighted by atomic mass is 10.4. The maximum absolute atomic E-state index is 12.3. The van der Waals surface area contributed by atoms with Gasteiger partial charge < -0.3 is 9.84 Å². The van der Waals surface area contributed by atoms with E-state index in [4.69, 9.17) is 27.9 Å². The van der Waals surface area contributed by atoms with Crippen LogP contribution in [0.3, 0.4) is 0 Å². The average Bonchev–Trinajstić information content (AvgIpc) is 2.28. The van der Waals surface area contributed by atoms with Crippen molar-refractivity contribution in [2.24, 2.45) is 0 Å². The van der Waals surface area contributed by atoms with Gasteiger partial charge in [0, 0.05) is 20.7 Å². The van der Waals surface area contributed by atoms with E-state index in [1.807, 2.05) is 0 Å². The summed E-state index contributed by atoms with van der Waals surface area (Å²) in [5.41, 5.74) is 0. The van der Waals surface area contributed by atoms with Crippen molar-refractivity contribution in [1.29, 1.82) is 0 Å². The van der Waals surface area contributed by atoms with Crippen LogP contribution in [0.1, 0.15) is 0 Å². The number of aliphatic hydroxyl groups is 1. The molecule has 0 aromatic heterocycles. The summed E-state index contributed by atoms with van der Waals surface area (Å²) >= 11 is 11.8. The van der Waals surface area contributed by atoms with Crippen LogP contribution in [0.5, 0.6) is 0 Å². The van der Waals surface area contributed by atoms with E-state index in [2.05, 4.69) is 0 Å². The molecule has 0 bridgehead atoms. The van der Waals surface area contributed by atoms with Crippen molar-refractivity contribution in [2.75, 3.05) is 27.3 Å². The first kappa shape index (κ1) is 16.7. The molecule has 0 saturated heterocycles. The Kier molecular flexibility index (Phi) is 6.04. The number of hydrogen-bond acceptors (Lipinski definition) is 4. The van der Waals surface area contributed by atoms with Crippen LogP contribution in [-0.4, -0.2) is 51.2 Å². The summed E-state index contributed by atoms with van der Waals surface area (Å²) in [5.74, 6) is 0. The van der Waals surface area contributed by atoms with Crippen molar-refractivity contribution in [3.63, 3.8) is 0 Å². The van der Waals surface area contributed by atoms with Crippen LogP contribution in [0, 0.1) is 0 Å². The minimum absolute atomic E-state index is 0.0378. The first-order valence-corrected chi connectivity index (χ1v) is 7.57. The maximum atomic E-state index is 12.3. The van der Waals surface area contributed by atoms with Crippen LogP contribution in [0.4, 0.5) is 0 Å². The van der Waals surface area contributed by atoms with Crippen molar-refractivity contribution in [3.8, 4) is 0 Å². The Balaban J connectivity index is 3.04. The molecule has 108 valence electrons. The SMILES string of the molecule is COCC(O)CN(C)S(=O)(=O)c1c(Cl)cccc1Cl. The molecule has 1 rings (SSSR count). The lowest BCUT2D eigenvalue weighted by Crippen LogP contribution is -2.36. The first-order valence-electron chi connectivity index (χ1n) is 5.38. The summed E-state index contributed by atoms with van der Waals surface area (Å²) in [4.78, 5) is -0.162. The van der Waals surface area contributed by atoms with E-state index in [0.717, 1.165) is 4.31 Å². The van der Waals surface area contributed by atoms with Gasteiger partial charge in [-0.25, -0.2) is 8.42 Å². The lowest BCUT2D eigenvalue weighted by molar-refractivity contribution is 0.0554. The van der Waals surface area contributed by atoms with Crippen molar-refractivity contribution in [1.82, 2.24) is 4.31 Å².